The topological polar surface area (TPSA) is 64.4 Å². The van der Waals surface area contributed by atoms with E-state index < -0.39 is 0 Å². The molecule has 3 N–H and O–H groups in total. The Hall–Kier alpha value is -1.13. The SMILES string of the molecule is CC1CC(=O)Nc2c(Cl)cc(Cl)c(N)c2O1. The molecule has 1 aliphatic heterocycles. The summed E-state index contributed by atoms with van der Waals surface area (Å²) in [5.41, 5.74) is 6.46. The molecule has 6 heteroatoms. The number of carbonyl (C=O) groups excluding carboxylic acids is 1. The smallest absolute Gasteiger partial charge is 0.228 e. The lowest BCUT2D eigenvalue weighted by atomic mass is 10.2. The number of hydrogen-bond donors (Lipinski definition) is 2. The highest BCUT2D eigenvalue weighted by Crippen LogP contribution is 2.44. The second-order valence-corrected chi connectivity index (χ2v) is 4.45. The molecule has 1 aliphatic rings. The number of ether oxygens (including phenoxy) is 1. The quantitative estimate of drug-likeness (QED) is 0.705. The zero-order chi connectivity index (χ0) is 11.9. The lowest BCUT2D eigenvalue weighted by molar-refractivity contribution is -0.117. The van der Waals surface area contributed by atoms with Gasteiger partial charge in [-0.25, -0.2) is 0 Å². The zero-order valence-electron chi connectivity index (χ0n) is 8.51. The summed E-state index contributed by atoms with van der Waals surface area (Å²) >= 11 is 11.9. The van der Waals surface area contributed by atoms with Crippen LogP contribution in [0.5, 0.6) is 5.75 Å². The summed E-state index contributed by atoms with van der Waals surface area (Å²) in [6, 6.07) is 1.48. The number of nitrogens with two attached hydrogens (primary N) is 1. The van der Waals surface area contributed by atoms with Gasteiger partial charge in [0.2, 0.25) is 5.91 Å². The molecule has 4 nitrogen and oxygen atoms in total. The van der Waals surface area contributed by atoms with Crippen LogP contribution >= 0.6 is 23.2 Å². The van der Waals surface area contributed by atoms with Crippen molar-refractivity contribution < 1.29 is 9.53 Å². The van der Waals surface area contributed by atoms with Crippen molar-refractivity contribution in [2.24, 2.45) is 0 Å². The van der Waals surface area contributed by atoms with Crippen LogP contribution in [0, 0.1) is 0 Å². The summed E-state index contributed by atoms with van der Waals surface area (Å²) in [7, 11) is 0. The van der Waals surface area contributed by atoms with Crippen molar-refractivity contribution in [3.63, 3.8) is 0 Å². The number of nitrogen functional groups attached to an aromatic ring is 1. The van der Waals surface area contributed by atoms with Crippen molar-refractivity contribution in [1.29, 1.82) is 0 Å². The molecule has 0 aliphatic carbocycles. The van der Waals surface area contributed by atoms with Gasteiger partial charge in [0.1, 0.15) is 11.8 Å². The van der Waals surface area contributed by atoms with Gasteiger partial charge in [-0.1, -0.05) is 23.2 Å². The highest BCUT2D eigenvalue weighted by Gasteiger charge is 2.24. The molecule has 0 fully saturated rings. The molecule has 1 unspecified atom stereocenters. The predicted octanol–water partition coefficient (Wildman–Crippen LogP) is 2.69. The third kappa shape index (κ3) is 1.90. The molecule has 1 amide bonds. The molecular formula is C10H10Cl2N2O2. The maximum Gasteiger partial charge on any atom is 0.228 e. The van der Waals surface area contributed by atoms with Crippen LogP contribution in [0.3, 0.4) is 0 Å². The summed E-state index contributed by atoms with van der Waals surface area (Å²) in [5.74, 6) is 0.186. The average Bonchev–Trinajstić information content (AvgIpc) is 2.33. The Bertz CT molecular complexity index is 463. The van der Waals surface area contributed by atoms with E-state index in [1.54, 1.807) is 6.92 Å². The molecule has 0 spiro atoms. The number of anilines is 2. The lowest BCUT2D eigenvalue weighted by Crippen LogP contribution is -2.17. The number of rotatable bonds is 0. The predicted molar refractivity (Wildman–Crippen MR) is 64.2 cm³/mol. The van der Waals surface area contributed by atoms with E-state index >= 15 is 0 Å². The molecule has 1 atom stereocenters. The van der Waals surface area contributed by atoms with Crippen LogP contribution in [0.15, 0.2) is 6.07 Å². The van der Waals surface area contributed by atoms with Gasteiger partial charge in [0.25, 0.3) is 0 Å². The van der Waals surface area contributed by atoms with Crippen molar-refractivity contribution in [2.75, 3.05) is 11.1 Å². The van der Waals surface area contributed by atoms with Crippen molar-refractivity contribution in [2.45, 2.75) is 19.4 Å². The van der Waals surface area contributed by atoms with Gasteiger partial charge in [0.15, 0.2) is 5.75 Å². The Morgan fingerprint density at radius 1 is 1.50 bits per heavy atom. The Kier molecular flexibility index (Phi) is 2.86. The Morgan fingerprint density at radius 2 is 2.19 bits per heavy atom. The van der Waals surface area contributed by atoms with Gasteiger partial charge in [-0.3, -0.25) is 4.79 Å². The first kappa shape index (κ1) is 11.4. The molecule has 1 aromatic rings. The molecule has 0 aromatic heterocycles. The van der Waals surface area contributed by atoms with Gasteiger partial charge in [0.05, 0.1) is 22.2 Å². The van der Waals surface area contributed by atoms with Gasteiger partial charge in [0, 0.05) is 0 Å². The number of nitrogens with one attached hydrogen (secondary N) is 1. The first-order chi connectivity index (χ1) is 7.49. The van der Waals surface area contributed by atoms with Crippen LogP contribution in [0.4, 0.5) is 11.4 Å². The summed E-state index contributed by atoms with van der Waals surface area (Å²) in [6.45, 7) is 1.78. The van der Waals surface area contributed by atoms with Gasteiger partial charge < -0.3 is 15.8 Å². The number of halogens is 2. The van der Waals surface area contributed by atoms with E-state index in [4.69, 9.17) is 33.7 Å². The monoisotopic (exact) mass is 260 g/mol. The lowest BCUT2D eigenvalue weighted by Gasteiger charge is -2.15. The van der Waals surface area contributed by atoms with E-state index in [9.17, 15) is 4.79 Å². The van der Waals surface area contributed by atoms with Crippen LogP contribution in [0.1, 0.15) is 13.3 Å². The number of amides is 1. The minimum atomic E-state index is -0.266. The van der Waals surface area contributed by atoms with E-state index in [1.807, 2.05) is 0 Å². The van der Waals surface area contributed by atoms with Crippen LogP contribution in [0.25, 0.3) is 0 Å². The summed E-state index contributed by atoms with van der Waals surface area (Å²) in [5, 5.41) is 3.28. The number of fused-ring (bicyclic) bond motifs is 1. The molecule has 0 bridgehead atoms. The molecule has 86 valence electrons. The van der Waals surface area contributed by atoms with Crippen molar-refractivity contribution in [3.8, 4) is 5.75 Å². The molecule has 0 saturated heterocycles. The Morgan fingerprint density at radius 3 is 2.88 bits per heavy atom. The fourth-order valence-corrected chi connectivity index (χ4v) is 2.04. The summed E-state index contributed by atoms with van der Waals surface area (Å²) < 4.78 is 5.54. The highest BCUT2D eigenvalue weighted by molar-refractivity contribution is 6.39. The number of carbonyl (C=O) groups is 1. The molecule has 16 heavy (non-hydrogen) atoms. The second kappa shape index (κ2) is 4.03. The second-order valence-electron chi connectivity index (χ2n) is 3.64. The third-order valence-electron chi connectivity index (χ3n) is 2.28. The van der Waals surface area contributed by atoms with Crippen LogP contribution < -0.4 is 15.8 Å². The molecule has 0 saturated carbocycles. The molecule has 2 rings (SSSR count). The molecule has 0 radical (unpaired) electrons. The van der Waals surface area contributed by atoms with Gasteiger partial charge in [-0.05, 0) is 13.0 Å². The molecule has 1 heterocycles. The first-order valence-electron chi connectivity index (χ1n) is 4.73. The van der Waals surface area contributed by atoms with Crippen molar-refractivity contribution >= 4 is 40.5 Å². The van der Waals surface area contributed by atoms with Crippen molar-refractivity contribution in [3.05, 3.63) is 16.1 Å². The number of hydrogen-bond acceptors (Lipinski definition) is 3. The maximum atomic E-state index is 11.5. The van der Waals surface area contributed by atoms with Crippen molar-refractivity contribution in [1.82, 2.24) is 0 Å². The number of benzene rings is 1. The standard InChI is InChI=1S/C10H10Cl2N2O2/c1-4-2-7(15)14-9-6(12)3-5(11)8(13)10(9)16-4/h3-4H,2,13H2,1H3,(H,14,15). The fourth-order valence-electron chi connectivity index (χ4n) is 1.55. The Labute approximate surface area is 103 Å². The van der Waals surface area contributed by atoms with E-state index in [1.165, 1.54) is 6.07 Å². The largest absolute Gasteiger partial charge is 0.486 e. The minimum absolute atomic E-state index is 0.158. The van der Waals surface area contributed by atoms with Crippen LogP contribution in [-0.2, 0) is 4.79 Å². The fraction of sp³-hybridized carbons (Fsp3) is 0.300. The normalized spacial score (nSPS) is 19.4. The molecular weight excluding hydrogens is 251 g/mol. The van der Waals surface area contributed by atoms with E-state index in [0.29, 0.717) is 21.5 Å². The van der Waals surface area contributed by atoms with Gasteiger partial charge in [-0.2, -0.15) is 0 Å². The van der Waals surface area contributed by atoms with E-state index in [-0.39, 0.29) is 24.1 Å². The Balaban J connectivity index is 2.60. The highest BCUT2D eigenvalue weighted by atomic mass is 35.5. The van der Waals surface area contributed by atoms with Gasteiger partial charge in [-0.15, -0.1) is 0 Å². The average molecular weight is 261 g/mol. The zero-order valence-corrected chi connectivity index (χ0v) is 10.0. The first-order valence-corrected chi connectivity index (χ1v) is 5.48. The minimum Gasteiger partial charge on any atom is -0.486 e. The third-order valence-corrected chi connectivity index (χ3v) is 2.89. The summed E-state index contributed by atoms with van der Waals surface area (Å²) in [6.07, 6.45) is -0.0136. The van der Waals surface area contributed by atoms with E-state index in [0.717, 1.165) is 0 Å². The summed E-state index contributed by atoms with van der Waals surface area (Å²) in [4.78, 5) is 11.5. The molecule has 1 aromatic carbocycles. The van der Waals surface area contributed by atoms with E-state index in [2.05, 4.69) is 5.32 Å². The maximum absolute atomic E-state index is 11.5. The van der Waals surface area contributed by atoms with Gasteiger partial charge >= 0.3 is 0 Å². The van der Waals surface area contributed by atoms with Crippen LogP contribution in [0.2, 0.25) is 10.0 Å². The van der Waals surface area contributed by atoms with Crippen LogP contribution in [-0.4, -0.2) is 12.0 Å².